The lowest BCUT2D eigenvalue weighted by Gasteiger charge is -2.24. The molecule has 6 rings (SSSR count). The van der Waals surface area contributed by atoms with E-state index in [1.807, 2.05) is 0 Å². The van der Waals surface area contributed by atoms with Crippen LogP contribution in [0.5, 0.6) is 5.06 Å². The number of carbonyl (C=O) groups is 3. The molecule has 4 heterocycles. The first kappa shape index (κ1) is 25.4. The maximum Gasteiger partial charge on any atom is 0.261 e. The second-order valence-electron chi connectivity index (χ2n) is 9.32. The number of carbonyl (C=O) groups excluding carboxylic acids is 3. The Morgan fingerprint density at radius 3 is 2.48 bits per heavy atom. The summed E-state index contributed by atoms with van der Waals surface area (Å²) in [4.78, 5) is 40.7. The highest BCUT2D eigenvalue weighted by Crippen LogP contribution is 2.41. The molecule has 0 saturated heterocycles. The molecule has 0 bridgehead atoms. The standard InChI is InChI=1S/C28H19F2N5O4S/c29-17-7-15(8-18(30)10-17)9-19(14-34-26(37)20-3-1-2-4-21(20)27(34)38)33-25(36)23-11-22-24-16(12-31)13-32-35(24)5-6-39-28(22)40-23/h1-4,7-8,10-11,13,19H,5-6,9,14H2,(H,33,36). The minimum Gasteiger partial charge on any atom is -0.481 e. The fourth-order valence-corrected chi connectivity index (χ4v) is 5.90. The van der Waals surface area contributed by atoms with Gasteiger partial charge < -0.3 is 10.1 Å². The van der Waals surface area contributed by atoms with E-state index in [0.29, 0.717) is 35.0 Å². The van der Waals surface area contributed by atoms with E-state index in [4.69, 9.17) is 4.74 Å². The first-order valence-corrected chi connectivity index (χ1v) is 13.1. The number of aromatic nitrogens is 2. The second-order valence-corrected chi connectivity index (χ2v) is 10.3. The number of ether oxygens (including phenoxy) is 1. The number of halogens is 2. The first-order chi connectivity index (χ1) is 19.3. The number of hydrogen-bond acceptors (Lipinski definition) is 7. The normalized spacial score (nSPS) is 14.5. The molecule has 12 heteroatoms. The molecule has 0 fully saturated rings. The Bertz CT molecular complexity index is 1690. The Balaban J connectivity index is 1.30. The van der Waals surface area contributed by atoms with Gasteiger partial charge in [-0.1, -0.05) is 23.5 Å². The fraction of sp³-hybridized carbons (Fsp3) is 0.179. The highest BCUT2D eigenvalue weighted by atomic mass is 32.1. The molecule has 1 atom stereocenters. The van der Waals surface area contributed by atoms with E-state index in [0.717, 1.165) is 34.4 Å². The van der Waals surface area contributed by atoms with Crippen LogP contribution in [-0.4, -0.2) is 51.6 Å². The summed E-state index contributed by atoms with van der Waals surface area (Å²) in [5, 5.41) is 17.0. The van der Waals surface area contributed by atoms with Crippen LogP contribution in [0.3, 0.4) is 0 Å². The average molecular weight is 560 g/mol. The molecule has 40 heavy (non-hydrogen) atoms. The third kappa shape index (κ3) is 4.50. The number of thiophene rings is 1. The van der Waals surface area contributed by atoms with Gasteiger partial charge in [0.1, 0.15) is 24.3 Å². The Morgan fingerprint density at radius 2 is 1.80 bits per heavy atom. The highest BCUT2D eigenvalue weighted by Gasteiger charge is 2.37. The second kappa shape index (κ2) is 10.0. The summed E-state index contributed by atoms with van der Waals surface area (Å²) >= 11 is 1.08. The van der Waals surface area contributed by atoms with E-state index >= 15 is 0 Å². The molecule has 2 aromatic carbocycles. The van der Waals surface area contributed by atoms with Crippen molar-refractivity contribution in [3.8, 4) is 22.4 Å². The van der Waals surface area contributed by atoms with Gasteiger partial charge in [-0.25, -0.2) is 8.78 Å². The number of nitriles is 1. The van der Waals surface area contributed by atoms with Crippen LogP contribution in [0.25, 0.3) is 11.3 Å². The number of fused-ring (bicyclic) bond motifs is 4. The van der Waals surface area contributed by atoms with Crippen LogP contribution in [0, 0.1) is 23.0 Å². The zero-order chi connectivity index (χ0) is 28.0. The van der Waals surface area contributed by atoms with Crippen molar-refractivity contribution in [3.05, 3.63) is 93.5 Å². The summed E-state index contributed by atoms with van der Waals surface area (Å²) in [6.45, 7) is 0.511. The van der Waals surface area contributed by atoms with Gasteiger partial charge in [-0.3, -0.25) is 24.0 Å². The van der Waals surface area contributed by atoms with Gasteiger partial charge in [-0.15, -0.1) is 0 Å². The van der Waals surface area contributed by atoms with Crippen molar-refractivity contribution in [1.82, 2.24) is 20.0 Å². The minimum atomic E-state index is -0.876. The predicted octanol–water partition coefficient (Wildman–Crippen LogP) is 3.79. The Morgan fingerprint density at radius 1 is 1.10 bits per heavy atom. The van der Waals surface area contributed by atoms with Crippen LogP contribution in [0.1, 0.15) is 41.5 Å². The van der Waals surface area contributed by atoms with Crippen molar-refractivity contribution >= 4 is 29.1 Å². The largest absolute Gasteiger partial charge is 0.481 e. The van der Waals surface area contributed by atoms with Crippen LogP contribution < -0.4 is 10.1 Å². The molecule has 0 spiro atoms. The van der Waals surface area contributed by atoms with Crippen molar-refractivity contribution in [2.75, 3.05) is 13.2 Å². The van der Waals surface area contributed by atoms with Crippen molar-refractivity contribution < 1.29 is 27.9 Å². The quantitative estimate of drug-likeness (QED) is 0.359. The zero-order valence-corrected chi connectivity index (χ0v) is 21.5. The van der Waals surface area contributed by atoms with E-state index < -0.39 is 35.4 Å². The summed E-state index contributed by atoms with van der Waals surface area (Å²) in [7, 11) is 0. The smallest absolute Gasteiger partial charge is 0.261 e. The van der Waals surface area contributed by atoms with Gasteiger partial charge in [0, 0.05) is 12.6 Å². The predicted molar refractivity (Wildman–Crippen MR) is 139 cm³/mol. The molecule has 1 N–H and O–H groups in total. The molecule has 200 valence electrons. The number of amides is 3. The number of imide groups is 1. The molecule has 2 aliphatic rings. The van der Waals surface area contributed by atoms with Crippen LogP contribution >= 0.6 is 11.3 Å². The van der Waals surface area contributed by atoms with Gasteiger partial charge in [0.25, 0.3) is 17.7 Å². The molecule has 2 aliphatic heterocycles. The first-order valence-electron chi connectivity index (χ1n) is 12.3. The summed E-state index contributed by atoms with van der Waals surface area (Å²) in [6.07, 6.45) is 1.40. The van der Waals surface area contributed by atoms with E-state index in [1.54, 1.807) is 35.0 Å². The SMILES string of the molecule is N#Cc1cnn2c1-c1cc(C(=O)NC(Cc3cc(F)cc(F)c3)CN3C(=O)c4ccccc4C3=O)sc1OCC2. The van der Waals surface area contributed by atoms with Crippen LogP contribution in [0.4, 0.5) is 8.78 Å². The molecule has 4 aromatic rings. The van der Waals surface area contributed by atoms with Crippen molar-refractivity contribution in [1.29, 1.82) is 5.26 Å². The van der Waals surface area contributed by atoms with Gasteiger partial charge in [0.05, 0.1) is 51.6 Å². The number of hydrogen-bond donors (Lipinski definition) is 1. The maximum absolute atomic E-state index is 13.9. The average Bonchev–Trinajstić information content (AvgIpc) is 3.56. The molecule has 9 nitrogen and oxygen atoms in total. The van der Waals surface area contributed by atoms with Crippen LogP contribution in [0.2, 0.25) is 0 Å². The van der Waals surface area contributed by atoms with Crippen molar-refractivity contribution in [2.24, 2.45) is 0 Å². The van der Waals surface area contributed by atoms with Gasteiger partial charge in [0.15, 0.2) is 5.06 Å². The number of rotatable bonds is 6. The third-order valence-electron chi connectivity index (χ3n) is 6.69. The van der Waals surface area contributed by atoms with Gasteiger partial charge in [-0.05, 0) is 42.3 Å². The summed E-state index contributed by atoms with van der Waals surface area (Å²) in [6, 6.07) is 12.2. The van der Waals surface area contributed by atoms with E-state index in [-0.39, 0.29) is 34.5 Å². The molecule has 2 aromatic heterocycles. The lowest BCUT2D eigenvalue weighted by Crippen LogP contribution is -2.46. The third-order valence-corrected chi connectivity index (χ3v) is 7.74. The number of benzene rings is 2. The van der Waals surface area contributed by atoms with Gasteiger partial charge in [0.2, 0.25) is 0 Å². The van der Waals surface area contributed by atoms with Crippen molar-refractivity contribution in [2.45, 2.75) is 19.0 Å². The highest BCUT2D eigenvalue weighted by molar-refractivity contribution is 7.16. The summed E-state index contributed by atoms with van der Waals surface area (Å²) in [5.74, 6) is -3.14. The van der Waals surface area contributed by atoms with E-state index in [1.165, 1.54) is 6.20 Å². The van der Waals surface area contributed by atoms with Crippen LogP contribution in [0.15, 0.2) is 54.7 Å². The monoisotopic (exact) mass is 559 g/mol. The number of nitrogens with zero attached hydrogens (tertiary/aromatic N) is 4. The molecule has 3 amide bonds. The topological polar surface area (TPSA) is 117 Å². The van der Waals surface area contributed by atoms with E-state index in [2.05, 4.69) is 16.5 Å². The fourth-order valence-electron chi connectivity index (χ4n) is 4.96. The van der Waals surface area contributed by atoms with Gasteiger partial charge in [-0.2, -0.15) is 10.4 Å². The minimum absolute atomic E-state index is 0.0548. The maximum atomic E-state index is 13.9. The number of nitrogens with one attached hydrogen (secondary N) is 1. The summed E-state index contributed by atoms with van der Waals surface area (Å²) in [5.41, 5.74) is 2.17. The molecule has 0 aliphatic carbocycles. The molecular formula is C28H19F2N5O4S. The Labute approximate surface area is 230 Å². The molecule has 0 radical (unpaired) electrons. The molecule has 0 saturated carbocycles. The molecular weight excluding hydrogens is 540 g/mol. The lowest BCUT2D eigenvalue weighted by molar-refractivity contribution is 0.0629. The van der Waals surface area contributed by atoms with Crippen LogP contribution in [-0.2, 0) is 13.0 Å². The summed E-state index contributed by atoms with van der Waals surface area (Å²) < 4.78 is 35.3. The zero-order valence-electron chi connectivity index (χ0n) is 20.7. The molecule has 1 unspecified atom stereocenters. The Hall–Kier alpha value is -4.89. The lowest BCUT2D eigenvalue weighted by atomic mass is 10.0. The van der Waals surface area contributed by atoms with Gasteiger partial charge >= 0.3 is 0 Å². The van der Waals surface area contributed by atoms with Crippen molar-refractivity contribution in [3.63, 3.8) is 0 Å². The Kier molecular flexibility index (Phi) is 6.36. The van der Waals surface area contributed by atoms with E-state index in [9.17, 15) is 28.4 Å².